The fourth-order valence-electron chi connectivity index (χ4n) is 2.10. The van der Waals surface area contributed by atoms with Crippen molar-refractivity contribution in [2.75, 3.05) is 0 Å². The molecule has 2 aromatic rings. The lowest BCUT2D eigenvalue weighted by Gasteiger charge is -2.17. The number of phenols is 1. The Balaban J connectivity index is 2.01. The van der Waals surface area contributed by atoms with Crippen molar-refractivity contribution in [1.82, 2.24) is 20.1 Å². The van der Waals surface area contributed by atoms with Crippen LogP contribution in [-0.2, 0) is 13.1 Å². The van der Waals surface area contributed by atoms with E-state index >= 15 is 0 Å². The van der Waals surface area contributed by atoms with Crippen LogP contribution < -0.4 is 5.32 Å². The van der Waals surface area contributed by atoms with Gasteiger partial charge in [0.1, 0.15) is 17.9 Å². The third-order valence-electron chi connectivity index (χ3n) is 3.25. The molecule has 0 aliphatic rings. The molecule has 1 heterocycles. The Kier molecular flexibility index (Phi) is 4.52. The minimum atomic E-state index is 0.252. The number of hydrogen-bond donors (Lipinski definition) is 2. The van der Waals surface area contributed by atoms with E-state index in [0.29, 0.717) is 12.3 Å². The van der Waals surface area contributed by atoms with Gasteiger partial charge >= 0.3 is 0 Å². The minimum absolute atomic E-state index is 0.252. The van der Waals surface area contributed by atoms with Gasteiger partial charge in [-0.25, -0.2) is 0 Å². The van der Waals surface area contributed by atoms with Gasteiger partial charge in [-0.3, -0.25) is 0 Å². The van der Waals surface area contributed by atoms with Gasteiger partial charge in [0.15, 0.2) is 0 Å². The number of aromatic nitrogens is 3. The van der Waals surface area contributed by atoms with E-state index in [9.17, 15) is 5.11 Å². The number of hydrogen-bond acceptors (Lipinski definition) is 4. The summed E-state index contributed by atoms with van der Waals surface area (Å²) in [7, 11) is 0. The van der Waals surface area contributed by atoms with E-state index in [1.54, 1.807) is 18.5 Å². The molecule has 1 aromatic heterocycles. The van der Waals surface area contributed by atoms with Gasteiger partial charge in [-0.05, 0) is 31.0 Å². The van der Waals surface area contributed by atoms with Crippen LogP contribution in [0.3, 0.4) is 0 Å². The Morgan fingerprint density at radius 1 is 1.26 bits per heavy atom. The molecule has 0 amide bonds. The summed E-state index contributed by atoms with van der Waals surface area (Å²) in [6.45, 7) is 5.77. The Morgan fingerprint density at radius 3 is 2.63 bits per heavy atom. The number of benzene rings is 1. The molecule has 1 unspecified atom stereocenters. The number of nitrogens with one attached hydrogen (secondary N) is 1. The molecule has 0 saturated heterocycles. The number of aryl methyl sites for hydroxylation is 1. The SMILES string of the molecule is CCC(NCc1nncn1CC)c1ccc(O)cc1. The molecule has 19 heavy (non-hydrogen) atoms. The first-order valence-corrected chi connectivity index (χ1v) is 6.63. The largest absolute Gasteiger partial charge is 0.508 e. The van der Waals surface area contributed by atoms with Crippen LogP contribution >= 0.6 is 0 Å². The molecule has 2 N–H and O–H groups in total. The van der Waals surface area contributed by atoms with Crippen molar-refractivity contribution in [3.05, 3.63) is 42.0 Å². The molecule has 1 atom stereocenters. The topological polar surface area (TPSA) is 63.0 Å². The van der Waals surface area contributed by atoms with E-state index in [-0.39, 0.29) is 6.04 Å². The van der Waals surface area contributed by atoms with Gasteiger partial charge in [-0.15, -0.1) is 10.2 Å². The third-order valence-corrected chi connectivity index (χ3v) is 3.25. The zero-order valence-electron chi connectivity index (χ0n) is 11.4. The summed E-state index contributed by atoms with van der Waals surface area (Å²) in [5.74, 6) is 1.24. The third kappa shape index (κ3) is 3.32. The number of aromatic hydroxyl groups is 1. The summed E-state index contributed by atoms with van der Waals surface area (Å²) >= 11 is 0. The Morgan fingerprint density at radius 2 is 2.00 bits per heavy atom. The van der Waals surface area contributed by atoms with E-state index in [4.69, 9.17) is 0 Å². The van der Waals surface area contributed by atoms with Crippen LogP contribution in [0, 0.1) is 0 Å². The first-order chi connectivity index (χ1) is 9.24. The monoisotopic (exact) mass is 260 g/mol. The maximum absolute atomic E-state index is 9.32. The van der Waals surface area contributed by atoms with Crippen LogP contribution in [-0.4, -0.2) is 19.9 Å². The zero-order chi connectivity index (χ0) is 13.7. The predicted octanol–water partition coefficient (Wildman–Crippen LogP) is 2.24. The van der Waals surface area contributed by atoms with Gasteiger partial charge in [0.2, 0.25) is 0 Å². The van der Waals surface area contributed by atoms with Crippen LogP contribution in [0.5, 0.6) is 5.75 Å². The summed E-state index contributed by atoms with van der Waals surface area (Å²) < 4.78 is 2.02. The molecule has 0 spiro atoms. The van der Waals surface area contributed by atoms with Crippen molar-refractivity contribution in [1.29, 1.82) is 0 Å². The van der Waals surface area contributed by atoms with E-state index < -0.39 is 0 Å². The number of rotatable bonds is 6. The van der Waals surface area contributed by atoms with Gasteiger partial charge in [-0.2, -0.15) is 0 Å². The van der Waals surface area contributed by atoms with E-state index in [1.165, 1.54) is 5.56 Å². The Labute approximate surface area is 113 Å². The maximum Gasteiger partial charge on any atom is 0.146 e. The molecule has 0 bridgehead atoms. The van der Waals surface area contributed by atoms with Gasteiger partial charge in [0.25, 0.3) is 0 Å². The van der Waals surface area contributed by atoms with Gasteiger partial charge in [0.05, 0.1) is 6.54 Å². The van der Waals surface area contributed by atoms with Crippen LogP contribution in [0.25, 0.3) is 0 Å². The fraction of sp³-hybridized carbons (Fsp3) is 0.429. The summed E-state index contributed by atoms with van der Waals surface area (Å²) in [4.78, 5) is 0. The van der Waals surface area contributed by atoms with Crippen molar-refractivity contribution < 1.29 is 5.11 Å². The molecule has 2 rings (SSSR count). The molecular weight excluding hydrogens is 240 g/mol. The fourth-order valence-corrected chi connectivity index (χ4v) is 2.10. The molecule has 0 fully saturated rings. The van der Waals surface area contributed by atoms with Gasteiger partial charge in [0, 0.05) is 12.6 Å². The summed E-state index contributed by atoms with van der Waals surface area (Å²) in [6, 6.07) is 7.58. The molecule has 0 saturated carbocycles. The van der Waals surface area contributed by atoms with Crippen molar-refractivity contribution in [2.24, 2.45) is 0 Å². The summed E-state index contributed by atoms with van der Waals surface area (Å²) in [6.07, 6.45) is 2.73. The highest BCUT2D eigenvalue weighted by molar-refractivity contribution is 5.27. The number of phenolic OH excluding ortho intramolecular Hbond substituents is 1. The quantitative estimate of drug-likeness (QED) is 0.836. The molecule has 0 radical (unpaired) electrons. The van der Waals surface area contributed by atoms with E-state index in [0.717, 1.165) is 18.8 Å². The molecule has 0 aliphatic heterocycles. The predicted molar refractivity (Wildman–Crippen MR) is 73.7 cm³/mol. The van der Waals surface area contributed by atoms with Crippen LogP contribution in [0.4, 0.5) is 0 Å². The highest BCUT2D eigenvalue weighted by Gasteiger charge is 2.10. The lowest BCUT2D eigenvalue weighted by atomic mass is 10.0. The van der Waals surface area contributed by atoms with Gasteiger partial charge < -0.3 is 15.0 Å². The minimum Gasteiger partial charge on any atom is -0.508 e. The standard InChI is InChI=1S/C14H20N4O/c1-3-13(11-5-7-12(19)8-6-11)15-9-14-17-16-10-18(14)4-2/h5-8,10,13,15,19H,3-4,9H2,1-2H3. The molecule has 5 nitrogen and oxygen atoms in total. The van der Waals surface area contributed by atoms with Crippen molar-refractivity contribution in [2.45, 2.75) is 39.4 Å². The second-order valence-corrected chi connectivity index (χ2v) is 4.47. The summed E-state index contributed by atoms with van der Waals surface area (Å²) in [5, 5.41) is 20.8. The molecular formula is C14H20N4O. The zero-order valence-corrected chi connectivity index (χ0v) is 11.4. The Hall–Kier alpha value is -1.88. The lowest BCUT2D eigenvalue weighted by Crippen LogP contribution is -2.22. The second kappa shape index (κ2) is 6.33. The molecule has 102 valence electrons. The van der Waals surface area contributed by atoms with Crippen LogP contribution in [0.15, 0.2) is 30.6 Å². The smallest absolute Gasteiger partial charge is 0.146 e. The molecule has 5 heteroatoms. The molecule has 1 aromatic carbocycles. The highest BCUT2D eigenvalue weighted by atomic mass is 16.3. The van der Waals surface area contributed by atoms with Crippen molar-refractivity contribution >= 4 is 0 Å². The van der Waals surface area contributed by atoms with E-state index in [2.05, 4.69) is 29.4 Å². The lowest BCUT2D eigenvalue weighted by molar-refractivity contribution is 0.471. The van der Waals surface area contributed by atoms with Crippen molar-refractivity contribution in [3.63, 3.8) is 0 Å². The average molecular weight is 260 g/mol. The number of nitrogens with zero attached hydrogens (tertiary/aromatic N) is 3. The van der Waals surface area contributed by atoms with Crippen LogP contribution in [0.1, 0.15) is 37.7 Å². The highest BCUT2D eigenvalue weighted by Crippen LogP contribution is 2.19. The van der Waals surface area contributed by atoms with E-state index in [1.807, 2.05) is 16.7 Å². The molecule has 0 aliphatic carbocycles. The second-order valence-electron chi connectivity index (χ2n) is 4.47. The normalized spacial score (nSPS) is 12.5. The van der Waals surface area contributed by atoms with Crippen molar-refractivity contribution in [3.8, 4) is 5.75 Å². The average Bonchev–Trinajstić information content (AvgIpc) is 2.89. The summed E-state index contributed by atoms with van der Waals surface area (Å²) in [5.41, 5.74) is 1.17. The first kappa shape index (κ1) is 13.5. The van der Waals surface area contributed by atoms with Crippen LogP contribution in [0.2, 0.25) is 0 Å². The van der Waals surface area contributed by atoms with Gasteiger partial charge in [-0.1, -0.05) is 19.1 Å². The maximum atomic E-state index is 9.32. The Bertz CT molecular complexity index is 506. The first-order valence-electron chi connectivity index (χ1n) is 6.63.